The van der Waals surface area contributed by atoms with E-state index in [0.29, 0.717) is 27.8 Å². The van der Waals surface area contributed by atoms with Crippen molar-refractivity contribution in [2.75, 3.05) is 25.7 Å². The summed E-state index contributed by atoms with van der Waals surface area (Å²) < 4.78 is 16.5. The highest BCUT2D eigenvalue weighted by molar-refractivity contribution is 6.31. The monoisotopic (exact) mass is 422 g/mol. The lowest BCUT2D eigenvalue weighted by molar-refractivity contribution is -0.120. The number of methoxy groups -OCH3 is 1. The van der Waals surface area contributed by atoms with E-state index < -0.39 is 0 Å². The second-order valence-corrected chi connectivity index (χ2v) is 7.03. The number of aromatic nitrogens is 1. The number of oxazole rings is 1. The molecule has 1 amide bonds. The van der Waals surface area contributed by atoms with Crippen LogP contribution in [0.4, 0.5) is 5.69 Å². The summed E-state index contributed by atoms with van der Waals surface area (Å²) in [6.45, 7) is -0.0729. The van der Waals surface area contributed by atoms with Crippen molar-refractivity contribution in [3.8, 4) is 23.0 Å². The predicted octanol–water partition coefficient (Wildman–Crippen LogP) is 5.20. The van der Waals surface area contributed by atoms with Crippen LogP contribution < -0.4 is 14.4 Å². The van der Waals surface area contributed by atoms with E-state index in [2.05, 4.69) is 4.98 Å². The molecule has 0 atom stereocenters. The van der Waals surface area contributed by atoms with E-state index in [1.807, 2.05) is 24.3 Å². The molecule has 0 spiro atoms. The van der Waals surface area contributed by atoms with E-state index in [1.54, 1.807) is 61.5 Å². The van der Waals surface area contributed by atoms with Crippen molar-refractivity contribution in [1.29, 1.82) is 0 Å². The minimum atomic E-state index is -0.171. The molecule has 4 aromatic rings. The van der Waals surface area contributed by atoms with Crippen LogP contribution in [0.1, 0.15) is 0 Å². The smallest absolute Gasteiger partial charge is 0.264 e. The molecular formula is C23H19ClN2O4. The molecule has 0 aliphatic heterocycles. The molecule has 0 aliphatic rings. The number of carbonyl (C=O) groups excluding carboxylic acids is 1. The third-order valence-corrected chi connectivity index (χ3v) is 4.88. The second-order valence-electron chi connectivity index (χ2n) is 6.59. The van der Waals surface area contributed by atoms with Crippen molar-refractivity contribution < 1.29 is 18.7 Å². The van der Waals surface area contributed by atoms with Gasteiger partial charge in [0, 0.05) is 23.3 Å². The van der Waals surface area contributed by atoms with Crippen molar-refractivity contribution in [3.63, 3.8) is 0 Å². The number of nitrogens with zero attached hydrogens (tertiary/aromatic N) is 2. The number of carbonyl (C=O) groups is 1. The highest BCUT2D eigenvalue weighted by Gasteiger charge is 2.14. The van der Waals surface area contributed by atoms with Gasteiger partial charge >= 0.3 is 0 Å². The number of benzene rings is 3. The van der Waals surface area contributed by atoms with Crippen LogP contribution in [-0.4, -0.2) is 31.7 Å². The SMILES string of the molecule is COc1ccc(OCC(=O)N(C)c2ccc(-c3nc4cc(Cl)ccc4o3)cc2)cc1. The van der Waals surface area contributed by atoms with Gasteiger partial charge in [-0.05, 0) is 66.7 Å². The van der Waals surface area contributed by atoms with Crippen LogP contribution in [0.15, 0.2) is 71.1 Å². The van der Waals surface area contributed by atoms with Gasteiger partial charge in [-0.3, -0.25) is 4.79 Å². The van der Waals surface area contributed by atoms with Crippen LogP contribution in [0.2, 0.25) is 5.02 Å². The number of ether oxygens (including phenoxy) is 2. The van der Waals surface area contributed by atoms with Crippen LogP contribution in [0.5, 0.6) is 11.5 Å². The molecule has 152 valence electrons. The molecule has 6 nitrogen and oxygen atoms in total. The molecule has 0 saturated heterocycles. The lowest BCUT2D eigenvalue weighted by Gasteiger charge is -2.18. The van der Waals surface area contributed by atoms with Gasteiger partial charge in [-0.25, -0.2) is 4.98 Å². The maximum atomic E-state index is 12.5. The predicted molar refractivity (Wildman–Crippen MR) is 116 cm³/mol. The molecule has 30 heavy (non-hydrogen) atoms. The Bertz CT molecular complexity index is 1170. The highest BCUT2D eigenvalue weighted by Crippen LogP contribution is 2.27. The molecule has 1 aromatic heterocycles. The topological polar surface area (TPSA) is 64.8 Å². The number of rotatable bonds is 6. The van der Waals surface area contributed by atoms with Gasteiger partial charge in [0.15, 0.2) is 12.2 Å². The third kappa shape index (κ3) is 4.23. The quantitative estimate of drug-likeness (QED) is 0.427. The molecule has 0 aliphatic carbocycles. The molecule has 0 N–H and O–H groups in total. The van der Waals surface area contributed by atoms with Crippen molar-refractivity contribution in [3.05, 3.63) is 71.8 Å². The Balaban J connectivity index is 1.42. The number of hydrogen-bond acceptors (Lipinski definition) is 5. The first kappa shape index (κ1) is 19.8. The van der Waals surface area contributed by atoms with Crippen molar-refractivity contribution in [2.24, 2.45) is 0 Å². The maximum absolute atomic E-state index is 12.5. The summed E-state index contributed by atoms with van der Waals surface area (Å²) in [7, 11) is 3.30. The molecular weight excluding hydrogens is 404 g/mol. The fraction of sp³-hybridized carbons (Fsp3) is 0.130. The maximum Gasteiger partial charge on any atom is 0.264 e. The van der Waals surface area contributed by atoms with E-state index >= 15 is 0 Å². The standard InChI is InChI=1S/C23H19ClN2O4/c1-26(22(27)14-29-19-10-8-18(28-2)9-11-19)17-6-3-15(4-7-17)23-25-20-13-16(24)5-12-21(20)30-23/h3-13H,14H2,1-2H3. The number of fused-ring (bicyclic) bond motifs is 1. The third-order valence-electron chi connectivity index (χ3n) is 4.65. The summed E-state index contributed by atoms with van der Waals surface area (Å²) in [5, 5.41) is 0.606. The van der Waals surface area contributed by atoms with Gasteiger partial charge in [-0.1, -0.05) is 11.6 Å². The number of hydrogen-bond donors (Lipinski definition) is 0. The summed E-state index contributed by atoms with van der Waals surface area (Å²) in [6, 6.07) is 19.8. The first-order chi connectivity index (χ1) is 14.5. The van der Waals surface area contributed by atoms with E-state index in [-0.39, 0.29) is 12.5 Å². The zero-order valence-electron chi connectivity index (χ0n) is 16.5. The Labute approximate surface area is 178 Å². The van der Waals surface area contributed by atoms with Gasteiger partial charge in [-0.15, -0.1) is 0 Å². The summed E-state index contributed by atoms with van der Waals surface area (Å²) in [6.07, 6.45) is 0. The molecule has 4 rings (SSSR count). The van der Waals surface area contributed by atoms with Crippen molar-refractivity contribution in [1.82, 2.24) is 4.98 Å². The lowest BCUT2D eigenvalue weighted by Crippen LogP contribution is -2.31. The number of halogens is 1. The fourth-order valence-corrected chi connectivity index (χ4v) is 3.08. The number of amides is 1. The summed E-state index contributed by atoms with van der Waals surface area (Å²) in [5.74, 6) is 1.66. The number of likely N-dealkylation sites (N-methyl/N-ethyl adjacent to an activating group) is 1. The fourth-order valence-electron chi connectivity index (χ4n) is 2.91. The van der Waals surface area contributed by atoms with Gasteiger partial charge < -0.3 is 18.8 Å². The van der Waals surface area contributed by atoms with Crippen molar-refractivity contribution >= 4 is 34.3 Å². The zero-order valence-corrected chi connectivity index (χ0v) is 17.2. The van der Waals surface area contributed by atoms with E-state index in [9.17, 15) is 4.79 Å². The van der Waals surface area contributed by atoms with Crippen LogP contribution >= 0.6 is 11.6 Å². The molecule has 0 saturated carbocycles. The normalized spacial score (nSPS) is 10.8. The minimum absolute atomic E-state index is 0.0729. The van der Waals surface area contributed by atoms with E-state index in [0.717, 1.165) is 17.0 Å². The summed E-state index contributed by atoms with van der Waals surface area (Å²) >= 11 is 6.00. The summed E-state index contributed by atoms with van der Waals surface area (Å²) in [4.78, 5) is 18.5. The Hall–Kier alpha value is -3.51. The van der Waals surface area contributed by atoms with Gasteiger partial charge in [0.05, 0.1) is 7.11 Å². The van der Waals surface area contributed by atoms with Gasteiger partial charge in [0.1, 0.15) is 17.0 Å². The Morgan fingerprint density at radius 2 is 1.73 bits per heavy atom. The average molecular weight is 423 g/mol. The highest BCUT2D eigenvalue weighted by atomic mass is 35.5. The summed E-state index contributed by atoms with van der Waals surface area (Å²) in [5.41, 5.74) is 2.91. The second kappa shape index (κ2) is 8.47. The van der Waals surface area contributed by atoms with Crippen LogP contribution in [0.3, 0.4) is 0 Å². The average Bonchev–Trinajstić information content (AvgIpc) is 3.20. The molecule has 1 heterocycles. The van der Waals surface area contributed by atoms with Crippen LogP contribution in [0.25, 0.3) is 22.6 Å². The molecule has 3 aromatic carbocycles. The first-order valence-electron chi connectivity index (χ1n) is 9.23. The van der Waals surface area contributed by atoms with Crippen molar-refractivity contribution in [2.45, 2.75) is 0 Å². The Morgan fingerprint density at radius 1 is 1.03 bits per heavy atom. The van der Waals surface area contributed by atoms with Crippen LogP contribution in [0, 0.1) is 0 Å². The minimum Gasteiger partial charge on any atom is -0.497 e. The zero-order chi connectivity index (χ0) is 21.1. The molecule has 7 heteroatoms. The Kier molecular flexibility index (Phi) is 5.59. The van der Waals surface area contributed by atoms with E-state index in [4.69, 9.17) is 25.5 Å². The van der Waals surface area contributed by atoms with E-state index in [1.165, 1.54) is 0 Å². The molecule has 0 radical (unpaired) electrons. The Morgan fingerprint density at radius 3 is 2.43 bits per heavy atom. The lowest BCUT2D eigenvalue weighted by atomic mass is 10.2. The van der Waals surface area contributed by atoms with Gasteiger partial charge in [0.25, 0.3) is 5.91 Å². The number of anilines is 1. The molecule has 0 unspecified atom stereocenters. The molecule has 0 fully saturated rings. The largest absolute Gasteiger partial charge is 0.497 e. The van der Waals surface area contributed by atoms with Gasteiger partial charge in [-0.2, -0.15) is 0 Å². The van der Waals surface area contributed by atoms with Crippen LogP contribution in [-0.2, 0) is 4.79 Å². The first-order valence-corrected chi connectivity index (χ1v) is 9.61. The van der Waals surface area contributed by atoms with Gasteiger partial charge in [0.2, 0.25) is 5.89 Å². The molecule has 0 bridgehead atoms.